The van der Waals surface area contributed by atoms with Crippen molar-refractivity contribution in [2.45, 2.75) is 84.0 Å². The molecule has 1 atom stereocenters. The van der Waals surface area contributed by atoms with Crippen LogP contribution in [0.15, 0.2) is 4.60 Å². The molecule has 0 saturated heterocycles. The van der Waals surface area contributed by atoms with Crippen LogP contribution in [0.5, 0.6) is 0 Å². The molecular formula is C17H30BrFN2. The van der Waals surface area contributed by atoms with Gasteiger partial charge in [-0.3, -0.25) is 4.57 Å². The van der Waals surface area contributed by atoms with E-state index >= 15 is 0 Å². The molecule has 1 rings (SSSR count). The lowest BCUT2D eigenvalue weighted by Gasteiger charge is -2.28. The van der Waals surface area contributed by atoms with Crippen molar-refractivity contribution in [3.63, 3.8) is 0 Å². The standard InChI is InChI=1S/C17H30BrFN2/c1-5-7-9-11-13-17(3,12-10-8-6-2)14-15(18)21(4)16(19)20-14/h5-13H2,1-4H3. The topological polar surface area (TPSA) is 17.8 Å². The number of unbranched alkanes of at least 4 members (excludes halogenated alkanes) is 5. The summed E-state index contributed by atoms with van der Waals surface area (Å²) >= 11 is 3.53. The smallest absolute Gasteiger partial charge is 0.290 e. The van der Waals surface area contributed by atoms with E-state index in [2.05, 4.69) is 41.7 Å². The molecule has 0 aliphatic carbocycles. The van der Waals surface area contributed by atoms with Crippen molar-refractivity contribution in [1.82, 2.24) is 9.55 Å². The van der Waals surface area contributed by atoms with Crippen LogP contribution in [0.4, 0.5) is 4.39 Å². The molecule has 0 amide bonds. The van der Waals surface area contributed by atoms with Gasteiger partial charge < -0.3 is 0 Å². The van der Waals surface area contributed by atoms with E-state index in [-0.39, 0.29) is 5.41 Å². The van der Waals surface area contributed by atoms with E-state index in [4.69, 9.17) is 0 Å². The van der Waals surface area contributed by atoms with E-state index in [9.17, 15) is 4.39 Å². The minimum Gasteiger partial charge on any atom is -0.298 e. The second-order valence-corrected chi connectivity index (χ2v) is 7.16. The number of nitrogens with zero attached hydrogens (tertiary/aromatic N) is 2. The van der Waals surface area contributed by atoms with Crippen LogP contribution in [-0.2, 0) is 12.5 Å². The van der Waals surface area contributed by atoms with Crippen LogP contribution in [0.2, 0.25) is 0 Å². The molecule has 0 fully saturated rings. The summed E-state index contributed by atoms with van der Waals surface area (Å²) in [7, 11) is 1.72. The maximum absolute atomic E-state index is 13.8. The number of aromatic nitrogens is 2. The summed E-state index contributed by atoms with van der Waals surface area (Å²) in [5.74, 6) is 0. The molecule has 4 heteroatoms. The molecule has 1 heterocycles. The SMILES string of the molecule is CCCCCCC(C)(CCCCC)c1nc(F)n(C)c1Br. The normalized spacial score (nSPS) is 14.4. The zero-order chi connectivity index (χ0) is 15.9. The Morgan fingerprint density at radius 3 is 2.05 bits per heavy atom. The summed E-state index contributed by atoms with van der Waals surface area (Å²) in [6, 6.07) is 0. The van der Waals surface area contributed by atoms with Gasteiger partial charge in [0, 0.05) is 12.5 Å². The Morgan fingerprint density at radius 1 is 1.05 bits per heavy atom. The summed E-state index contributed by atoms with van der Waals surface area (Å²) in [5.41, 5.74) is 0.874. The largest absolute Gasteiger partial charge is 0.298 e. The molecule has 1 aromatic rings. The van der Waals surface area contributed by atoms with Gasteiger partial charge >= 0.3 is 0 Å². The number of halogens is 2. The second-order valence-electron chi connectivity index (χ2n) is 6.41. The first-order chi connectivity index (χ1) is 9.96. The minimum absolute atomic E-state index is 0.0240. The van der Waals surface area contributed by atoms with Gasteiger partial charge in [0.1, 0.15) is 4.60 Å². The van der Waals surface area contributed by atoms with Gasteiger partial charge in [-0.25, -0.2) is 4.98 Å². The molecule has 2 nitrogen and oxygen atoms in total. The van der Waals surface area contributed by atoms with Crippen LogP contribution in [0, 0.1) is 6.08 Å². The fourth-order valence-electron chi connectivity index (χ4n) is 2.91. The highest BCUT2D eigenvalue weighted by Gasteiger charge is 2.32. The average molecular weight is 361 g/mol. The summed E-state index contributed by atoms with van der Waals surface area (Å²) in [5, 5.41) is 0. The molecule has 1 aromatic heterocycles. The van der Waals surface area contributed by atoms with Crippen molar-refractivity contribution in [1.29, 1.82) is 0 Å². The number of imidazole rings is 1. The lowest BCUT2D eigenvalue weighted by molar-refractivity contribution is 0.354. The first-order valence-electron chi connectivity index (χ1n) is 8.34. The lowest BCUT2D eigenvalue weighted by Crippen LogP contribution is -2.23. The van der Waals surface area contributed by atoms with Gasteiger partial charge in [0.05, 0.1) is 5.69 Å². The van der Waals surface area contributed by atoms with Gasteiger partial charge in [-0.1, -0.05) is 65.7 Å². The van der Waals surface area contributed by atoms with E-state index in [1.807, 2.05) is 0 Å². The van der Waals surface area contributed by atoms with E-state index in [1.54, 1.807) is 7.05 Å². The zero-order valence-corrected chi connectivity index (χ0v) is 15.6. The molecule has 0 bridgehead atoms. The molecule has 0 spiro atoms. The highest BCUT2D eigenvalue weighted by molar-refractivity contribution is 9.10. The first kappa shape index (κ1) is 18.7. The molecule has 0 radical (unpaired) electrons. The summed E-state index contributed by atoms with van der Waals surface area (Å²) in [6.45, 7) is 6.70. The molecule has 0 N–H and O–H groups in total. The predicted molar refractivity (Wildman–Crippen MR) is 91.1 cm³/mol. The summed E-state index contributed by atoms with van der Waals surface area (Å²) in [6.07, 6.45) is 10.4. The van der Waals surface area contributed by atoms with Gasteiger partial charge in [-0.2, -0.15) is 4.39 Å². The van der Waals surface area contributed by atoms with Gasteiger partial charge in [0.15, 0.2) is 0 Å². The zero-order valence-electron chi connectivity index (χ0n) is 14.0. The van der Waals surface area contributed by atoms with Crippen LogP contribution in [0.3, 0.4) is 0 Å². The maximum Gasteiger partial charge on any atom is 0.290 e. The van der Waals surface area contributed by atoms with Crippen molar-refractivity contribution in [3.8, 4) is 0 Å². The second kappa shape index (κ2) is 8.92. The van der Waals surface area contributed by atoms with E-state index in [0.29, 0.717) is 0 Å². The Labute approximate surface area is 137 Å². The Morgan fingerprint density at radius 2 is 1.57 bits per heavy atom. The van der Waals surface area contributed by atoms with Crippen LogP contribution in [-0.4, -0.2) is 9.55 Å². The minimum atomic E-state index is -0.396. The molecule has 0 aliphatic rings. The highest BCUT2D eigenvalue weighted by Crippen LogP contribution is 2.38. The van der Waals surface area contributed by atoms with Crippen molar-refractivity contribution < 1.29 is 4.39 Å². The van der Waals surface area contributed by atoms with Crippen molar-refractivity contribution >= 4 is 15.9 Å². The average Bonchev–Trinajstić information content (AvgIpc) is 2.72. The summed E-state index contributed by atoms with van der Waals surface area (Å²) < 4.78 is 16.1. The monoisotopic (exact) mass is 360 g/mol. The quantitative estimate of drug-likeness (QED) is 0.458. The third-order valence-corrected chi connectivity index (χ3v) is 5.36. The molecule has 0 saturated carbocycles. The Balaban J connectivity index is 2.86. The molecular weight excluding hydrogens is 331 g/mol. The molecule has 21 heavy (non-hydrogen) atoms. The Bertz CT molecular complexity index is 431. The van der Waals surface area contributed by atoms with E-state index < -0.39 is 6.08 Å². The van der Waals surface area contributed by atoms with Crippen LogP contribution >= 0.6 is 15.9 Å². The molecule has 0 aromatic carbocycles. The Hall–Kier alpha value is -0.380. The van der Waals surface area contributed by atoms with Crippen molar-refractivity contribution in [2.75, 3.05) is 0 Å². The van der Waals surface area contributed by atoms with Crippen LogP contribution in [0.1, 0.15) is 84.3 Å². The summed E-state index contributed by atoms with van der Waals surface area (Å²) in [4.78, 5) is 4.21. The van der Waals surface area contributed by atoms with Gasteiger partial charge in [-0.15, -0.1) is 0 Å². The first-order valence-corrected chi connectivity index (χ1v) is 9.13. The van der Waals surface area contributed by atoms with Crippen LogP contribution < -0.4 is 0 Å². The van der Waals surface area contributed by atoms with Gasteiger partial charge in [0.2, 0.25) is 0 Å². The van der Waals surface area contributed by atoms with Crippen LogP contribution in [0.25, 0.3) is 0 Å². The van der Waals surface area contributed by atoms with E-state index in [0.717, 1.165) is 23.1 Å². The fraction of sp³-hybridized carbons (Fsp3) is 0.824. The molecule has 0 aliphatic heterocycles. The lowest BCUT2D eigenvalue weighted by atomic mass is 9.77. The van der Waals surface area contributed by atoms with Crippen molar-refractivity contribution in [2.24, 2.45) is 7.05 Å². The van der Waals surface area contributed by atoms with Gasteiger partial charge in [-0.05, 0) is 28.8 Å². The van der Waals surface area contributed by atoms with Crippen molar-refractivity contribution in [3.05, 3.63) is 16.4 Å². The Kier molecular flexibility index (Phi) is 7.93. The molecule has 1 unspecified atom stereocenters. The number of hydrogen-bond acceptors (Lipinski definition) is 1. The number of rotatable bonds is 10. The maximum atomic E-state index is 13.8. The predicted octanol–water partition coefficient (Wildman–Crippen LogP) is 6.13. The van der Waals surface area contributed by atoms with E-state index in [1.165, 1.54) is 49.5 Å². The third kappa shape index (κ3) is 5.08. The number of hydrogen-bond donors (Lipinski definition) is 0. The molecule has 122 valence electrons. The third-order valence-electron chi connectivity index (χ3n) is 4.46. The van der Waals surface area contributed by atoms with Gasteiger partial charge in [0.25, 0.3) is 6.08 Å². The fourth-order valence-corrected chi connectivity index (χ4v) is 3.62. The highest BCUT2D eigenvalue weighted by atomic mass is 79.9.